The van der Waals surface area contributed by atoms with Gasteiger partial charge in [-0.15, -0.1) is 0 Å². The number of rotatable bonds is 5. The molecule has 1 aromatic heterocycles. The van der Waals surface area contributed by atoms with Crippen molar-refractivity contribution in [2.45, 2.75) is 26.3 Å². The van der Waals surface area contributed by atoms with Gasteiger partial charge in [0.25, 0.3) is 0 Å². The van der Waals surface area contributed by atoms with Crippen LogP contribution in [0, 0.1) is 18.3 Å². The highest BCUT2D eigenvalue weighted by molar-refractivity contribution is 7.98. The fourth-order valence-electron chi connectivity index (χ4n) is 1.56. The molecule has 0 bridgehead atoms. The van der Waals surface area contributed by atoms with Crippen molar-refractivity contribution in [3.8, 4) is 6.07 Å². The van der Waals surface area contributed by atoms with Gasteiger partial charge in [0.15, 0.2) is 0 Å². The monoisotopic (exact) mass is 238 g/mol. The predicted molar refractivity (Wildman–Crippen MR) is 68.7 cm³/mol. The maximum Gasteiger partial charge on any atom is 0.142 e. The molecule has 0 saturated carbocycles. The zero-order valence-corrected chi connectivity index (χ0v) is 11.1. The summed E-state index contributed by atoms with van der Waals surface area (Å²) in [4.78, 5) is 0. The zero-order valence-electron chi connectivity index (χ0n) is 10.2. The minimum atomic E-state index is 0.356. The summed E-state index contributed by atoms with van der Waals surface area (Å²) >= 11 is 1.83. The quantitative estimate of drug-likeness (QED) is 0.854. The largest absolute Gasteiger partial charge is 0.367 e. The van der Waals surface area contributed by atoms with Gasteiger partial charge in [-0.05, 0) is 32.3 Å². The van der Waals surface area contributed by atoms with Crippen molar-refractivity contribution in [2.75, 3.05) is 17.3 Å². The van der Waals surface area contributed by atoms with E-state index < -0.39 is 0 Å². The molecule has 0 aliphatic rings. The number of nitriles is 1. The van der Waals surface area contributed by atoms with Crippen LogP contribution >= 0.6 is 11.8 Å². The fourth-order valence-corrected chi connectivity index (χ4v) is 2.15. The average molecular weight is 238 g/mol. The van der Waals surface area contributed by atoms with Gasteiger partial charge in [-0.1, -0.05) is 0 Å². The van der Waals surface area contributed by atoms with Gasteiger partial charge in [-0.3, -0.25) is 4.68 Å². The molecule has 1 atom stereocenters. The summed E-state index contributed by atoms with van der Waals surface area (Å²) in [5.74, 6) is 1.95. The number of hydrogen-bond acceptors (Lipinski definition) is 4. The Bertz CT molecular complexity index is 391. The lowest BCUT2D eigenvalue weighted by molar-refractivity contribution is 0.717. The van der Waals surface area contributed by atoms with Crippen molar-refractivity contribution in [3.63, 3.8) is 0 Å². The minimum absolute atomic E-state index is 0.356. The van der Waals surface area contributed by atoms with E-state index in [0.29, 0.717) is 11.6 Å². The van der Waals surface area contributed by atoms with Crippen LogP contribution in [0.15, 0.2) is 0 Å². The Morgan fingerprint density at radius 1 is 1.62 bits per heavy atom. The van der Waals surface area contributed by atoms with E-state index in [4.69, 9.17) is 5.26 Å². The van der Waals surface area contributed by atoms with Crippen LogP contribution < -0.4 is 5.32 Å². The molecule has 0 aliphatic heterocycles. The third-order valence-corrected chi connectivity index (χ3v) is 3.12. The van der Waals surface area contributed by atoms with Crippen LogP contribution in [0.3, 0.4) is 0 Å². The molecule has 0 amide bonds. The van der Waals surface area contributed by atoms with Gasteiger partial charge in [0, 0.05) is 13.1 Å². The van der Waals surface area contributed by atoms with Crippen molar-refractivity contribution in [1.82, 2.24) is 9.78 Å². The number of nitrogens with zero attached hydrogens (tertiary/aromatic N) is 3. The van der Waals surface area contributed by atoms with E-state index in [-0.39, 0.29) is 0 Å². The lowest BCUT2D eigenvalue weighted by atomic mass is 10.2. The molecule has 4 nitrogen and oxygen atoms in total. The molecule has 1 unspecified atom stereocenters. The third kappa shape index (κ3) is 2.92. The highest BCUT2D eigenvalue weighted by Crippen LogP contribution is 2.19. The Labute approximate surface area is 101 Å². The maximum atomic E-state index is 9.05. The van der Waals surface area contributed by atoms with Gasteiger partial charge >= 0.3 is 0 Å². The molecule has 16 heavy (non-hydrogen) atoms. The van der Waals surface area contributed by atoms with E-state index in [9.17, 15) is 0 Å². The van der Waals surface area contributed by atoms with Gasteiger partial charge < -0.3 is 5.32 Å². The first-order chi connectivity index (χ1) is 7.60. The summed E-state index contributed by atoms with van der Waals surface area (Å²) in [5, 5.41) is 16.6. The van der Waals surface area contributed by atoms with Gasteiger partial charge in [0.05, 0.1) is 5.69 Å². The second-order valence-corrected chi connectivity index (χ2v) is 4.86. The van der Waals surface area contributed by atoms with E-state index >= 15 is 0 Å². The molecule has 0 saturated heterocycles. The normalized spacial score (nSPS) is 12.2. The standard InChI is InChI=1S/C11H18N4S/c1-8(5-6-16-4)13-11-10(7-12)9(2)14-15(11)3/h8,13H,5-6H2,1-4H3. The van der Waals surface area contributed by atoms with Crippen molar-refractivity contribution in [2.24, 2.45) is 7.05 Å². The number of anilines is 1. The van der Waals surface area contributed by atoms with Crippen LogP contribution in [-0.2, 0) is 7.05 Å². The summed E-state index contributed by atoms with van der Waals surface area (Å²) in [7, 11) is 1.86. The van der Waals surface area contributed by atoms with Gasteiger partial charge in [0.1, 0.15) is 17.5 Å². The van der Waals surface area contributed by atoms with E-state index in [1.807, 2.05) is 25.7 Å². The molecule has 1 aromatic rings. The van der Waals surface area contributed by atoms with E-state index in [0.717, 1.165) is 23.7 Å². The highest BCUT2D eigenvalue weighted by atomic mass is 32.2. The number of aryl methyl sites for hydroxylation is 2. The maximum absolute atomic E-state index is 9.05. The lowest BCUT2D eigenvalue weighted by Crippen LogP contribution is -2.18. The van der Waals surface area contributed by atoms with Crippen molar-refractivity contribution >= 4 is 17.6 Å². The van der Waals surface area contributed by atoms with Crippen molar-refractivity contribution in [3.05, 3.63) is 11.3 Å². The molecule has 0 aliphatic carbocycles. The summed E-state index contributed by atoms with van der Waals surface area (Å²) in [6, 6.07) is 2.55. The first kappa shape index (κ1) is 12.9. The first-order valence-electron chi connectivity index (χ1n) is 5.29. The molecule has 0 fully saturated rings. The fraction of sp³-hybridized carbons (Fsp3) is 0.636. The molecule has 88 valence electrons. The molecule has 1 N–H and O–H groups in total. The van der Waals surface area contributed by atoms with Gasteiger partial charge in [-0.2, -0.15) is 22.1 Å². The molecule has 5 heteroatoms. The summed E-state index contributed by atoms with van der Waals surface area (Å²) in [5.41, 5.74) is 1.43. The predicted octanol–water partition coefficient (Wildman–Crippen LogP) is 2.15. The first-order valence-corrected chi connectivity index (χ1v) is 6.68. The second kappa shape index (κ2) is 5.80. The Balaban J connectivity index is 2.77. The summed E-state index contributed by atoms with van der Waals surface area (Å²) in [6.07, 6.45) is 3.18. The van der Waals surface area contributed by atoms with Crippen LogP contribution in [0.25, 0.3) is 0 Å². The molecular formula is C11H18N4S. The summed E-state index contributed by atoms with van der Waals surface area (Å²) < 4.78 is 1.74. The van der Waals surface area contributed by atoms with Crippen LogP contribution in [0.2, 0.25) is 0 Å². The highest BCUT2D eigenvalue weighted by Gasteiger charge is 2.14. The zero-order chi connectivity index (χ0) is 12.1. The Morgan fingerprint density at radius 2 is 2.31 bits per heavy atom. The van der Waals surface area contributed by atoms with E-state index in [2.05, 4.69) is 29.7 Å². The molecule has 1 rings (SSSR count). The molecule has 1 heterocycles. The Hall–Kier alpha value is -1.15. The second-order valence-electron chi connectivity index (χ2n) is 3.87. The van der Waals surface area contributed by atoms with Crippen LogP contribution in [0.1, 0.15) is 24.6 Å². The topological polar surface area (TPSA) is 53.6 Å². The number of hydrogen-bond donors (Lipinski definition) is 1. The van der Waals surface area contributed by atoms with Crippen LogP contribution in [-0.4, -0.2) is 27.8 Å². The molecular weight excluding hydrogens is 220 g/mol. The minimum Gasteiger partial charge on any atom is -0.367 e. The number of thioether (sulfide) groups is 1. The summed E-state index contributed by atoms with van der Waals surface area (Å²) in [6.45, 7) is 3.98. The SMILES string of the molecule is CSCCC(C)Nc1c(C#N)c(C)nn1C. The van der Waals surface area contributed by atoms with Crippen molar-refractivity contribution in [1.29, 1.82) is 5.26 Å². The smallest absolute Gasteiger partial charge is 0.142 e. The number of nitrogens with one attached hydrogen (secondary N) is 1. The number of aromatic nitrogens is 2. The average Bonchev–Trinajstić information content (AvgIpc) is 2.50. The van der Waals surface area contributed by atoms with Crippen LogP contribution in [0.5, 0.6) is 0 Å². The van der Waals surface area contributed by atoms with Gasteiger partial charge in [-0.25, -0.2) is 0 Å². The Kier molecular flexibility index (Phi) is 4.69. The van der Waals surface area contributed by atoms with E-state index in [1.54, 1.807) is 4.68 Å². The molecule has 0 spiro atoms. The van der Waals surface area contributed by atoms with E-state index in [1.165, 1.54) is 0 Å². The lowest BCUT2D eigenvalue weighted by Gasteiger charge is -2.14. The molecule has 0 radical (unpaired) electrons. The third-order valence-electron chi connectivity index (χ3n) is 2.47. The van der Waals surface area contributed by atoms with Crippen LogP contribution in [0.4, 0.5) is 5.82 Å². The Morgan fingerprint density at radius 3 is 2.88 bits per heavy atom. The van der Waals surface area contributed by atoms with Crippen molar-refractivity contribution < 1.29 is 0 Å². The van der Waals surface area contributed by atoms with Gasteiger partial charge in [0.2, 0.25) is 0 Å². The molecule has 0 aromatic carbocycles.